The Morgan fingerprint density at radius 3 is 1.67 bits per heavy atom. The summed E-state index contributed by atoms with van der Waals surface area (Å²) < 4.78 is 0. The quantitative estimate of drug-likeness (QED) is 0.806. The fourth-order valence-corrected chi connectivity index (χ4v) is 2.53. The molecule has 0 heterocycles. The molecule has 0 bridgehead atoms. The Morgan fingerprint density at radius 1 is 0.762 bits per heavy atom. The van der Waals surface area contributed by atoms with Gasteiger partial charge in [-0.05, 0) is 54.8 Å². The fourth-order valence-electron chi connectivity index (χ4n) is 2.53. The van der Waals surface area contributed by atoms with Crippen LogP contribution in [-0.2, 0) is 5.41 Å². The van der Waals surface area contributed by atoms with E-state index in [1.54, 1.807) is 0 Å². The topological polar surface area (TPSA) is 52.0 Å². The van der Waals surface area contributed by atoms with Gasteiger partial charge in [-0.3, -0.25) is 0 Å². The number of anilines is 2. The van der Waals surface area contributed by atoms with Crippen molar-refractivity contribution in [3.05, 3.63) is 65.2 Å². The molecule has 2 nitrogen and oxygen atoms in total. The molecule has 2 aromatic carbocycles. The van der Waals surface area contributed by atoms with E-state index in [1.807, 2.05) is 24.3 Å². The van der Waals surface area contributed by atoms with Crippen LogP contribution < -0.4 is 11.5 Å². The Balaban J connectivity index is 2.44. The number of nitrogens with two attached hydrogens (primary N) is 2. The standard InChI is InChI=1S/C19H24N2/c1-13(15-5-9-17(20)10-6-15)14(2)19(3,4)16-7-11-18(21)12-8-16/h5-12H,20-21H2,1-4H3. The van der Waals surface area contributed by atoms with Gasteiger partial charge >= 0.3 is 0 Å². The maximum atomic E-state index is 5.79. The molecule has 0 atom stereocenters. The van der Waals surface area contributed by atoms with Crippen LogP contribution in [0, 0.1) is 0 Å². The van der Waals surface area contributed by atoms with Gasteiger partial charge in [-0.1, -0.05) is 43.7 Å². The second-order valence-electron chi connectivity index (χ2n) is 6.12. The first-order valence-electron chi connectivity index (χ1n) is 7.22. The van der Waals surface area contributed by atoms with E-state index < -0.39 is 0 Å². The average molecular weight is 280 g/mol. The summed E-state index contributed by atoms with van der Waals surface area (Å²) >= 11 is 0. The molecule has 2 aromatic rings. The first-order chi connectivity index (χ1) is 9.82. The number of nitrogen functional groups attached to an aromatic ring is 2. The molecular formula is C19H24N2. The predicted molar refractivity (Wildman–Crippen MR) is 93.0 cm³/mol. The maximum Gasteiger partial charge on any atom is 0.0314 e. The molecule has 0 saturated heterocycles. The van der Waals surface area contributed by atoms with Crippen LogP contribution in [0.2, 0.25) is 0 Å². The third kappa shape index (κ3) is 3.10. The molecule has 110 valence electrons. The molecule has 0 radical (unpaired) electrons. The summed E-state index contributed by atoms with van der Waals surface area (Å²) in [7, 11) is 0. The highest BCUT2D eigenvalue weighted by atomic mass is 14.5. The van der Waals surface area contributed by atoms with Gasteiger partial charge in [0.05, 0.1) is 0 Å². The van der Waals surface area contributed by atoms with E-state index in [0.717, 1.165) is 11.4 Å². The van der Waals surface area contributed by atoms with E-state index in [0.29, 0.717) is 0 Å². The minimum absolute atomic E-state index is 0.0425. The Hall–Kier alpha value is -2.22. The highest BCUT2D eigenvalue weighted by Gasteiger charge is 2.24. The Bertz CT molecular complexity index is 647. The molecule has 2 rings (SSSR count). The van der Waals surface area contributed by atoms with Crippen LogP contribution in [0.5, 0.6) is 0 Å². The summed E-state index contributed by atoms with van der Waals surface area (Å²) in [5, 5.41) is 0. The molecule has 0 amide bonds. The summed E-state index contributed by atoms with van der Waals surface area (Å²) in [6.45, 7) is 8.85. The number of hydrogen-bond donors (Lipinski definition) is 2. The van der Waals surface area contributed by atoms with Gasteiger partial charge in [-0.25, -0.2) is 0 Å². The SMILES string of the molecule is CC(=C(C)C(C)(C)c1ccc(N)cc1)c1ccc(N)cc1. The molecule has 0 unspecified atom stereocenters. The number of rotatable bonds is 3. The zero-order valence-corrected chi connectivity index (χ0v) is 13.3. The van der Waals surface area contributed by atoms with Crippen LogP contribution in [0.15, 0.2) is 54.1 Å². The van der Waals surface area contributed by atoms with Crippen molar-refractivity contribution in [1.29, 1.82) is 0 Å². The summed E-state index contributed by atoms with van der Waals surface area (Å²) in [5.74, 6) is 0. The van der Waals surface area contributed by atoms with Crippen LogP contribution in [0.25, 0.3) is 5.57 Å². The summed E-state index contributed by atoms with van der Waals surface area (Å²) in [6, 6.07) is 16.2. The number of allylic oxidation sites excluding steroid dienone is 2. The Kier molecular flexibility index (Phi) is 4.08. The van der Waals surface area contributed by atoms with Crippen molar-refractivity contribution in [2.75, 3.05) is 11.5 Å². The second-order valence-corrected chi connectivity index (χ2v) is 6.12. The third-order valence-electron chi connectivity index (χ3n) is 4.48. The normalized spacial score (nSPS) is 13.0. The fraction of sp³-hybridized carbons (Fsp3) is 0.263. The van der Waals surface area contributed by atoms with Gasteiger partial charge in [0.25, 0.3) is 0 Å². The highest BCUT2D eigenvalue weighted by Crippen LogP contribution is 2.36. The van der Waals surface area contributed by atoms with E-state index in [2.05, 4.69) is 52.0 Å². The van der Waals surface area contributed by atoms with Crippen LogP contribution in [0.3, 0.4) is 0 Å². The van der Waals surface area contributed by atoms with E-state index in [9.17, 15) is 0 Å². The lowest BCUT2D eigenvalue weighted by atomic mass is 9.75. The van der Waals surface area contributed by atoms with E-state index in [1.165, 1.54) is 22.3 Å². The van der Waals surface area contributed by atoms with Crippen molar-refractivity contribution in [3.8, 4) is 0 Å². The van der Waals surface area contributed by atoms with Crippen molar-refractivity contribution in [3.63, 3.8) is 0 Å². The monoisotopic (exact) mass is 280 g/mol. The highest BCUT2D eigenvalue weighted by molar-refractivity contribution is 5.70. The van der Waals surface area contributed by atoms with Crippen LogP contribution in [-0.4, -0.2) is 0 Å². The lowest BCUT2D eigenvalue weighted by Crippen LogP contribution is -2.19. The Morgan fingerprint density at radius 2 is 1.19 bits per heavy atom. The minimum Gasteiger partial charge on any atom is -0.399 e. The largest absolute Gasteiger partial charge is 0.399 e. The maximum absolute atomic E-state index is 5.79. The molecule has 0 aliphatic carbocycles. The molecule has 0 aromatic heterocycles. The minimum atomic E-state index is -0.0425. The molecule has 4 N–H and O–H groups in total. The molecule has 0 aliphatic heterocycles. The molecule has 21 heavy (non-hydrogen) atoms. The zero-order valence-electron chi connectivity index (χ0n) is 13.3. The first-order valence-corrected chi connectivity index (χ1v) is 7.22. The van der Waals surface area contributed by atoms with Crippen LogP contribution in [0.4, 0.5) is 11.4 Å². The third-order valence-corrected chi connectivity index (χ3v) is 4.48. The second kappa shape index (κ2) is 5.65. The molecular weight excluding hydrogens is 256 g/mol. The zero-order chi connectivity index (χ0) is 15.6. The van der Waals surface area contributed by atoms with Gasteiger partial charge in [-0.2, -0.15) is 0 Å². The molecule has 0 aliphatic rings. The van der Waals surface area contributed by atoms with Crippen LogP contribution in [0.1, 0.15) is 38.8 Å². The Labute approximate surface area is 127 Å². The first kappa shape index (κ1) is 15.2. The van der Waals surface area contributed by atoms with Crippen molar-refractivity contribution >= 4 is 16.9 Å². The van der Waals surface area contributed by atoms with Gasteiger partial charge < -0.3 is 11.5 Å². The van der Waals surface area contributed by atoms with Gasteiger partial charge in [0.2, 0.25) is 0 Å². The van der Waals surface area contributed by atoms with Gasteiger partial charge in [0, 0.05) is 16.8 Å². The molecule has 0 fully saturated rings. The van der Waals surface area contributed by atoms with Crippen LogP contribution >= 0.6 is 0 Å². The summed E-state index contributed by atoms with van der Waals surface area (Å²) in [5.41, 5.74) is 18.2. The predicted octanol–water partition coefficient (Wildman–Crippen LogP) is 4.62. The van der Waals surface area contributed by atoms with Gasteiger partial charge in [-0.15, -0.1) is 0 Å². The molecule has 2 heteroatoms. The summed E-state index contributed by atoms with van der Waals surface area (Å²) in [6.07, 6.45) is 0. The molecule has 0 saturated carbocycles. The van der Waals surface area contributed by atoms with E-state index in [4.69, 9.17) is 11.5 Å². The van der Waals surface area contributed by atoms with Crippen molar-refractivity contribution < 1.29 is 0 Å². The number of benzene rings is 2. The van der Waals surface area contributed by atoms with E-state index in [-0.39, 0.29) is 5.41 Å². The van der Waals surface area contributed by atoms with Crippen molar-refractivity contribution in [1.82, 2.24) is 0 Å². The van der Waals surface area contributed by atoms with Gasteiger partial charge in [0.1, 0.15) is 0 Å². The van der Waals surface area contributed by atoms with E-state index >= 15 is 0 Å². The number of hydrogen-bond acceptors (Lipinski definition) is 2. The van der Waals surface area contributed by atoms with Gasteiger partial charge in [0.15, 0.2) is 0 Å². The van der Waals surface area contributed by atoms with Crippen molar-refractivity contribution in [2.24, 2.45) is 0 Å². The lowest BCUT2D eigenvalue weighted by molar-refractivity contribution is 0.625. The smallest absolute Gasteiger partial charge is 0.0314 e. The molecule has 0 spiro atoms. The lowest BCUT2D eigenvalue weighted by Gasteiger charge is -2.29. The average Bonchev–Trinajstić information content (AvgIpc) is 2.47. The van der Waals surface area contributed by atoms with Crippen molar-refractivity contribution in [2.45, 2.75) is 33.1 Å². The summed E-state index contributed by atoms with van der Waals surface area (Å²) in [4.78, 5) is 0.